The molecule has 0 aliphatic heterocycles. The van der Waals surface area contributed by atoms with Gasteiger partial charge in [0, 0.05) is 12.7 Å². The normalized spacial score (nSPS) is 22.6. The zero-order chi connectivity index (χ0) is 11.7. The van der Waals surface area contributed by atoms with Crippen molar-refractivity contribution in [2.75, 3.05) is 11.9 Å². The number of carboxylic acid groups (broad SMARTS) is 1. The molecule has 1 amide bonds. The summed E-state index contributed by atoms with van der Waals surface area (Å²) in [6.07, 6.45) is 0.464. The number of aliphatic carboxylic acids is 1. The van der Waals surface area contributed by atoms with Crippen molar-refractivity contribution in [1.29, 1.82) is 0 Å². The molecule has 4 nitrogen and oxygen atoms in total. The van der Waals surface area contributed by atoms with E-state index in [-0.39, 0.29) is 11.8 Å². The minimum atomic E-state index is -0.875. The molecule has 16 heavy (non-hydrogen) atoms. The summed E-state index contributed by atoms with van der Waals surface area (Å²) in [5, 5.41) is 8.75. The predicted octanol–water partition coefficient (Wildman–Crippen LogP) is 1.37. The Morgan fingerprint density at radius 1 is 1.25 bits per heavy atom. The largest absolute Gasteiger partial charge is 0.481 e. The van der Waals surface area contributed by atoms with Gasteiger partial charge in [0.1, 0.15) is 0 Å². The van der Waals surface area contributed by atoms with Gasteiger partial charge >= 0.3 is 5.97 Å². The molecule has 1 saturated carbocycles. The fourth-order valence-electron chi connectivity index (χ4n) is 1.77. The molecule has 1 aromatic rings. The van der Waals surface area contributed by atoms with Crippen LogP contribution in [0.15, 0.2) is 30.3 Å². The van der Waals surface area contributed by atoms with Crippen molar-refractivity contribution in [2.24, 2.45) is 11.8 Å². The van der Waals surface area contributed by atoms with Gasteiger partial charge in [-0.25, -0.2) is 0 Å². The van der Waals surface area contributed by atoms with Crippen LogP contribution in [0.25, 0.3) is 0 Å². The van der Waals surface area contributed by atoms with Crippen molar-refractivity contribution in [3.8, 4) is 0 Å². The lowest BCUT2D eigenvalue weighted by Crippen LogP contribution is -2.28. The van der Waals surface area contributed by atoms with Crippen LogP contribution in [-0.4, -0.2) is 24.0 Å². The zero-order valence-electron chi connectivity index (χ0n) is 8.96. The lowest BCUT2D eigenvalue weighted by molar-refractivity contribution is -0.139. The van der Waals surface area contributed by atoms with Crippen molar-refractivity contribution < 1.29 is 14.7 Å². The molecule has 0 unspecified atom stereocenters. The van der Waals surface area contributed by atoms with E-state index in [4.69, 9.17) is 5.11 Å². The first-order chi connectivity index (χ1) is 7.61. The summed E-state index contributed by atoms with van der Waals surface area (Å²) < 4.78 is 0. The van der Waals surface area contributed by atoms with E-state index in [1.807, 2.05) is 30.3 Å². The highest BCUT2D eigenvalue weighted by molar-refractivity contribution is 5.99. The highest BCUT2D eigenvalue weighted by atomic mass is 16.4. The number of amides is 1. The van der Waals surface area contributed by atoms with Crippen LogP contribution in [0.1, 0.15) is 6.42 Å². The van der Waals surface area contributed by atoms with Gasteiger partial charge < -0.3 is 10.0 Å². The quantitative estimate of drug-likeness (QED) is 0.835. The molecule has 0 radical (unpaired) electrons. The van der Waals surface area contributed by atoms with Gasteiger partial charge in [0.25, 0.3) is 0 Å². The minimum Gasteiger partial charge on any atom is -0.481 e. The van der Waals surface area contributed by atoms with Crippen molar-refractivity contribution in [3.05, 3.63) is 30.3 Å². The SMILES string of the molecule is CN(C(=O)[C@@H]1C[C@@H]1C(=O)O)c1ccccc1. The predicted molar refractivity (Wildman–Crippen MR) is 59.1 cm³/mol. The molecule has 2 atom stereocenters. The number of hydrogen-bond donors (Lipinski definition) is 1. The number of benzene rings is 1. The monoisotopic (exact) mass is 219 g/mol. The van der Waals surface area contributed by atoms with Gasteiger partial charge in [-0.1, -0.05) is 18.2 Å². The Labute approximate surface area is 93.5 Å². The Morgan fingerprint density at radius 3 is 2.38 bits per heavy atom. The maximum absolute atomic E-state index is 11.9. The third kappa shape index (κ3) is 1.91. The third-order valence-corrected chi connectivity index (χ3v) is 2.90. The van der Waals surface area contributed by atoms with Crippen LogP contribution in [0.5, 0.6) is 0 Å². The van der Waals surface area contributed by atoms with Gasteiger partial charge in [0.15, 0.2) is 0 Å². The van der Waals surface area contributed by atoms with Crippen LogP contribution in [0, 0.1) is 11.8 Å². The fourth-order valence-corrected chi connectivity index (χ4v) is 1.77. The van der Waals surface area contributed by atoms with Crippen LogP contribution in [0.3, 0.4) is 0 Å². The molecular weight excluding hydrogens is 206 g/mol. The summed E-state index contributed by atoms with van der Waals surface area (Å²) in [5.74, 6) is -1.82. The van der Waals surface area contributed by atoms with Gasteiger partial charge in [-0.15, -0.1) is 0 Å². The molecule has 2 rings (SSSR count). The number of carboxylic acids is 1. The molecular formula is C12H13NO3. The van der Waals surface area contributed by atoms with E-state index in [0.29, 0.717) is 6.42 Å². The van der Waals surface area contributed by atoms with Crippen molar-refractivity contribution in [1.82, 2.24) is 0 Å². The van der Waals surface area contributed by atoms with Gasteiger partial charge in [0.05, 0.1) is 11.8 Å². The van der Waals surface area contributed by atoms with E-state index < -0.39 is 11.9 Å². The molecule has 1 aliphatic rings. The van der Waals surface area contributed by atoms with E-state index in [0.717, 1.165) is 5.69 Å². The smallest absolute Gasteiger partial charge is 0.307 e. The number of rotatable bonds is 3. The highest BCUT2D eigenvalue weighted by Crippen LogP contribution is 2.40. The number of anilines is 1. The minimum absolute atomic E-state index is 0.112. The summed E-state index contributed by atoms with van der Waals surface area (Å²) >= 11 is 0. The van der Waals surface area contributed by atoms with Gasteiger partial charge in [0.2, 0.25) is 5.91 Å². The maximum Gasteiger partial charge on any atom is 0.307 e. The Hall–Kier alpha value is -1.84. The van der Waals surface area contributed by atoms with E-state index in [2.05, 4.69) is 0 Å². The van der Waals surface area contributed by atoms with E-state index in [1.165, 1.54) is 4.90 Å². The molecule has 1 aromatic carbocycles. The van der Waals surface area contributed by atoms with Crippen molar-refractivity contribution >= 4 is 17.6 Å². The van der Waals surface area contributed by atoms with Crippen LogP contribution >= 0.6 is 0 Å². The summed E-state index contributed by atoms with van der Waals surface area (Å²) in [7, 11) is 1.68. The van der Waals surface area contributed by atoms with Gasteiger partial charge in [-0.05, 0) is 18.6 Å². The zero-order valence-corrected chi connectivity index (χ0v) is 8.96. The third-order valence-electron chi connectivity index (χ3n) is 2.90. The number of nitrogens with zero attached hydrogens (tertiary/aromatic N) is 1. The summed E-state index contributed by atoms with van der Waals surface area (Å²) in [4.78, 5) is 24.1. The van der Waals surface area contributed by atoms with Crippen LogP contribution in [0.4, 0.5) is 5.69 Å². The van der Waals surface area contributed by atoms with Crippen LogP contribution in [0.2, 0.25) is 0 Å². The maximum atomic E-state index is 11.9. The standard InChI is InChI=1S/C12H13NO3/c1-13(8-5-3-2-4-6-8)11(14)9-7-10(9)12(15)16/h2-6,9-10H,7H2,1H3,(H,15,16)/t9-,10+/m1/s1. The summed E-state index contributed by atoms with van der Waals surface area (Å²) in [6.45, 7) is 0. The Morgan fingerprint density at radius 2 is 1.88 bits per heavy atom. The lowest BCUT2D eigenvalue weighted by Gasteiger charge is -2.16. The molecule has 4 heteroatoms. The second-order valence-corrected chi connectivity index (χ2v) is 4.02. The molecule has 0 spiro atoms. The van der Waals surface area contributed by atoms with E-state index >= 15 is 0 Å². The first-order valence-corrected chi connectivity index (χ1v) is 5.16. The van der Waals surface area contributed by atoms with Crippen LogP contribution < -0.4 is 4.90 Å². The van der Waals surface area contributed by atoms with Crippen LogP contribution in [-0.2, 0) is 9.59 Å². The summed E-state index contributed by atoms with van der Waals surface area (Å²) in [5.41, 5.74) is 0.795. The molecule has 1 fully saturated rings. The molecule has 84 valence electrons. The first kappa shape index (κ1) is 10.7. The number of hydrogen-bond acceptors (Lipinski definition) is 2. The van der Waals surface area contributed by atoms with Gasteiger partial charge in [-0.2, -0.15) is 0 Å². The number of para-hydroxylation sites is 1. The topological polar surface area (TPSA) is 57.6 Å². The molecule has 1 N–H and O–H groups in total. The first-order valence-electron chi connectivity index (χ1n) is 5.16. The average molecular weight is 219 g/mol. The van der Waals surface area contributed by atoms with Crippen molar-refractivity contribution in [3.63, 3.8) is 0 Å². The van der Waals surface area contributed by atoms with E-state index in [1.54, 1.807) is 7.05 Å². The average Bonchev–Trinajstić information content (AvgIpc) is 3.08. The molecule has 1 aliphatic carbocycles. The molecule has 0 heterocycles. The fraction of sp³-hybridized carbons (Fsp3) is 0.333. The van der Waals surface area contributed by atoms with E-state index in [9.17, 15) is 9.59 Å². The molecule has 0 bridgehead atoms. The second-order valence-electron chi connectivity index (χ2n) is 4.02. The molecule has 0 aromatic heterocycles. The Kier molecular flexibility index (Phi) is 2.64. The Balaban J connectivity index is 2.04. The second kappa shape index (κ2) is 3.96. The summed E-state index contributed by atoms with van der Waals surface area (Å²) in [6, 6.07) is 9.23. The Bertz CT molecular complexity index is 416. The lowest BCUT2D eigenvalue weighted by atomic mass is 10.2. The number of carbonyl (C=O) groups excluding carboxylic acids is 1. The van der Waals surface area contributed by atoms with Crippen molar-refractivity contribution in [2.45, 2.75) is 6.42 Å². The number of carbonyl (C=O) groups is 2. The van der Waals surface area contributed by atoms with Gasteiger partial charge in [-0.3, -0.25) is 9.59 Å². The highest BCUT2D eigenvalue weighted by Gasteiger charge is 2.49. The molecule has 0 saturated heterocycles.